The first-order valence-corrected chi connectivity index (χ1v) is 44.8. The molecule has 6 saturated heterocycles. The Bertz CT molecular complexity index is 5670. The second-order valence-corrected chi connectivity index (χ2v) is 35.4. The first-order valence-electron chi connectivity index (χ1n) is 44.8. The minimum absolute atomic E-state index is 0.176. The van der Waals surface area contributed by atoms with Gasteiger partial charge >= 0.3 is 0 Å². The van der Waals surface area contributed by atoms with Gasteiger partial charge in [0.05, 0.1) is 36.9 Å². The standard InChI is InChI=1S/C24H30N6O.C24H32N6O.C23H28N6O.C23H30N6O/c1-17-5-6-19-12-21(17)22-13-25-30-9-7-23(26-24(22)30)27(2)10-11-28-14-18-4-3-8-29(18)16-20(15-28)31-19;1-4-9-28-15-19-16-31-20-6-5-17(2)21(12-20)22-13-26-30-10-7-23(27-24(22)30)25-8-11-29(19)14-18(28)3;1-16-4-5-18-11-20(16)21-12-25-29-9-6-22(26-23(21)29)24-7-10-27-13-17-3-2-8-28(17)15-19(14-27)30-18;1-4-27-14-18-15-30-19-6-5-16(2)20(11-19)21-12-25-29-9-7-22(26-23(21)29)24-8-10-28(18)13-17(27)3/h5-7,9,12-13,18,20H,3-4,8,10-11,14-16H2,1-2H3;5-7,10,12-13,18-19H,4,8-9,11,14-16H2,1-3H3,(H,25,27);4-6,9,11-12,17,19H,2-3,7-8,10,13-15H2,1H3,(H,24,26);5-7,9,11-12,17-18H,4,8,10,13-15H2,1-3H3,(H,24,26)/t18-,20-;18-,19+;17-,19-;17-,18+/m0101/s1. The molecule has 122 heavy (non-hydrogen) atoms. The number of hydrogen-bond acceptors (Lipinski definition) is 24. The van der Waals surface area contributed by atoms with Crippen molar-refractivity contribution < 1.29 is 18.9 Å². The number of anilines is 4. The molecule has 18 heterocycles. The smallest absolute Gasteiger partial charge is 0.165 e. The Morgan fingerprint density at radius 3 is 1.22 bits per heavy atom. The van der Waals surface area contributed by atoms with E-state index in [4.69, 9.17) is 38.9 Å². The number of nitrogens with zero attached hydrogens (tertiary/aromatic N) is 21. The van der Waals surface area contributed by atoms with E-state index in [9.17, 15) is 0 Å². The van der Waals surface area contributed by atoms with Gasteiger partial charge in [0, 0.05) is 196 Å². The topological polar surface area (TPSA) is 223 Å². The second-order valence-electron chi connectivity index (χ2n) is 35.4. The lowest BCUT2D eigenvalue weighted by Crippen LogP contribution is -2.59. The van der Waals surface area contributed by atoms with Gasteiger partial charge in [0.15, 0.2) is 22.6 Å². The fraction of sp³-hybridized carbons (Fsp3) is 0.489. The van der Waals surface area contributed by atoms with E-state index in [1.54, 1.807) is 0 Å². The lowest BCUT2D eigenvalue weighted by molar-refractivity contribution is 0.0170. The van der Waals surface area contributed by atoms with Crippen molar-refractivity contribution in [3.05, 3.63) is 169 Å². The highest BCUT2D eigenvalue weighted by Crippen LogP contribution is 2.38. The number of fused-ring (bicyclic) bond motifs is 24. The Morgan fingerprint density at radius 2 is 0.770 bits per heavy atom. The monoisotopic (exact) mass is 1650 g/mol. The molecule has 28 heteroatoms. The van der Waals surface area contributed by atoms with Gasteiger partial charge in [-0.05, 0) is 217 Å². The molecule has 3 N–H and O–H groups in total. The summed E-state index contributed by atoms with van der Waals surface area (Å²) in [5.41, 5.74) is 16.9. The molecule has 8 aromatic heterocycles. The van der Waals surface area contributed by atoms with Crippen LogP contribution in [0.5, 0.6) is 23.0 Å². The van der Waals surface area contributed by atoms with Gasteiger partial charge < -0.3 is 39.8 Å². The molecular formula is C94H120N24O4. The Morgan fingerprint density at radius 1 is 0.377 bits per heavy atom. The lowest BCUT2D eigenvalue weighted by atomic mass is 10.0. The largest absolute Gasteiger partial charge is 0.492 e. The third-order valence-electron chi connectivity index (χ3n) is 27.1. The Kier molecular flexibility index (Phi) is 23.8. The van der Waals surface area contributed by atoms with Crippen LogP contribution in [0.4, 0.5) is 23.3 Å². The average Bonchev–Trinajstić information content (AvgIpc) is 1.67. The normalized spacial score (nSPS) is 24.6. The predicted molar refractivity (Wildman–Crippen MR) is 482 cm³/mol. The predicted octanol–water partition coefficient (Wildman–Crippen LogP) is 11.5. The molecule has 2 unspecified atom stereocenters. The highest BCUT2D eigenvalue weighted by atomic mass is 16.5. The minimum atomic E-state index is 0.176. The summed E-state index contributed by atoms with van der Waals surface area (Å²) in [6.07, 6.45) is 22.3. The molecule has 0 amide bonds. The van der Waals surface area contributed by atoms with Crippen molar-refractivity contribution in [2.45, 2.75) is 136 Å². The van der Waals surface area contributed by atoms with Crippen molar-refractivity contribution >= 4 is 45.9 Å². The molecule has 0 saturated carbocycles. The molecule has 640 valence electrons. The molecule has 20 bridgehead atoms. The number of benzene rings is 4. The third kappa shape index (κ3) is 17.5. The number of likely N-dealkylation sites (N-methyl/N-ethyl adjacent to an activating group) is 2. The zero-order valence-electron chi connectivity index (χ0n) is 72.5. The number of nitrogens with one attached hydrogen (secondary N) is 3. The van der Waals surface area contributed by atoms with Gasteiger partial charge in [-0.3, -0.25) is 39.2 Å². The Balaban J connectivity index is 0.000000107. The summed E-state index contributed by atoms with van der Waals surface area (Å²) in [6.45, 7) is 41.6. The molecule has 6 fully saturated rings. The molecule has 22 rings (SSSR count). The molecule has 4 aromatic carbocycles. The van der Waals surface area contributed by atoms with Crippen molar-refractivity contribution in [1.82, 2.24) is 97.6 Å². The van der Waals surface area contributed by atoms with Crippen LogP contribution >= 0.6 is 0 Å². The third-order valence-corrected chi connectivity index (χ3v) is 27.1. The number of aromatic nitrogens is 12. The fourth-order valence-electron chi connectivity index (χ4n) is 20.2. The number of hydrogen-bond donors (Lipinski definition) is 3. The molecule has 12 aromatic rings. The molecule has 10 aliphatic heterocycles. The van der Waals surface area contributed by atoms with E-state index in [0.29, 0.717) is 49.5 Å². The van der Waals surface area contributed by atoms with Crippen molar-refractivity contribution in [3.8, 4) is 67.5 Å². The summed E-state index contributed by atoms with van der Waals surface area (Å²) < 4.78 is 33.3. The van der Waals surface area contributed by atoms with E-state index in [-0.39, 0.29) is 12.2 Å². The van der Waals surface area contributed by atoms with Crippen LogP contribution in [0.2, 0.25) is 0 Å². The van der Waals surface area contributed by atoms with Crippen molar-refractivity contribution in [1.29, 1.82) is 0 Å². The van der Waals surface area contributed by atoms with Gasteiger partial charge in [-0.15, -0.1) is 0 Å². The molecule has 10 atom stereocenters. The second kappa shape index (κ2) is 35.7. The van der Waals surface area contributed by atoms with Crippen molar-refractivity contribution in [2.75, 3.05) is 185 Å². The van der Waals surface area contributed by atoms with Crippen LogP contribution in [0.1, 0.15) is 82.1 Å². The van der Waals surface area contributed by atoms with Gasteiger partial charge in [-0.1, -0.05) is 38.1 Å². The zero-order chi connectivity index (χ0) is 83.1. The van der Waals surface area contributed by atoms with Gasteiger partial charge in [-0.25, -0.2) is 38.0 Å². The van der Waals surface area contributed by atoms with E-state index in [2.05, 4.69) is 222 Å². The van der Waals surface area contributed by atoms with E-state index in [1.807, 2.05) is 85.8 Å². The maximum Gasteiger partial charge on any atom is 0.165 e. The molecule has 0 spiro atoms. The van der Waals surface area contributed by atoms with Crippen LogP contribution in [0.25, 0.3) is 67.1 Å². The van der Waals surface area contributed by atoms with Gasteiger partial charge in [0.1, 0.15) is 71.7 Å². The quantitative estimate of drug-likeness (QED) is 0.150. The van der Waals surface area contributed by atoms with E-state index in [0.717, 1.165) is 244 Å². The van der Waals surface area contributed by atoms with Gasteiger partial charge in [-0.2, -0.15) is 20.4 Å². The van der Waals surface area contributed by atoms with Crippen LogP contribution in [0.15, 0.2) is 147 Å². The number of aryl methyl sites for hydroxylation is 4. The van der Waals surface area contributed by atoms with Crippen LogP contribution < -0.4 is 39.8 Å². The summed E-state index contributed by atoms with van der Waals surface area (Å²) in [4.78, 5) is 42.6. The first kappa shape index (κ1) is 81.1. The van der Waals surface area contributed by atoms with E-state index in [1.165, 1.54) is 67.4 Å². The van der Waals surface area contributed by atoms with E-state index >= 15 is 0 Å². The van der Waals surface area contributed by atoms with Crippen LogP contribution in [-0.2, 0) is 0 Å². The first-order chi connectivity index (χ1) is 59.6. The summed E-state index contributed by atoms with van der Waals surface area (Å²) in [6, 6.07) is 36.8. The maximum atomic E-state index is 6.62. The van der Waals surface area contributed by atoms with Crippen LogP contribution in [0.3, 0.4) is 0 Å². The SMILES string of the molecule is CCCN1C[C@H]2COc3ccc(C)c(c3)-c3cnn4ccc(nc34)NCCN2C[C@H]1C.CCN1C[C@H]2COc3ccc(C)c(c3)-c3cnn4ccc(nc34)NCCN2C[C@H]1C.Cc1ccc2cc1-c1cnn3ccc(nc13)N(C)CCN1C[C@@H](CN3CCC[C@H]3C1)O2.Cc1ccc2cc1-c1cnn3ccc(nc13)NCCN1C[C@@H](CN3CCC[C@H]3C1)O2. The molecular weight excluding hydrogens is 1530 g/mol. The fourth-order valence-corrected chi connectivity index (χ4v) is 20.2. The zero-order valence-corrected chi connectivity index (χ0v) is 72.5. The van der Waals surface area contributed by atoms with Crippen molar-refractivity contribution in [3.63, 3.8) is 0 Å². The molecule has 28 nitrogen and oxygen atoms in total. The average molecular weight is 1650 g/mol. The summed E-state index contributed by atoms with van der Waals surface area (Å²) in [7, 11) is 2.14. The van der Waals surface area contributed by atoms with Crippen LogP contribution in [0, 0.1) is 27.7 Å². The van der Waals surface area contributed by atoms with E-state index < -0.39 is 0 Å². The summed E-state index contributed by atoms with van der Waals surface area (Å²) >= 11 is 0. The van der Waals surface area contributed by atoms with Crippen LogP contribution in [-0.4, -0.2) is 310 Å². The lowest BCUT2D eigenvalue weighted by Gasteiger charge is -2.45. The summed E-state index contributed by atoms with van der Waals surface area (Å²) in [5.74, 6) is 7.37. The minimum Gasteiger partial charge on any atom is -0.492 e. The van der Waals surface area contributed by atoms with Gasteiger partial charge in [0.2, 0.25) is 0 Å². The number of piperazine rings is 2. The highest BCUT2D eigenvalue weighted by molar-refractivity contribution is 5.84. The molecule has 0 radical (unpaired) electrons. The molecule has 0 aliphatic carbocycles. The highest BCUT2D eigenvalue weighted by Gasteiger charge is 2.38. The maximum absolute atomic E-state index is 6.62. The molecule has 10 aliphatic rings. The van der Waals surface area contributed by atoms with Gasteiger partial charge in [0.25, 0.3) is 0 Å². The van der Waals surface area contributed by atoms with Crippen molar-refractivity contribution in [2.24, 2.45) is 0 Å². The summed E-state index contributed by atoms with van der Waals surface area (Å²) in [5, 5.41) is 28.7. The Labute approximate surface area is 716 Å². The number of ether oxygens (including phenoxy) is 4. The Hall–Kier alpha value is -10.6. The number of rotatable bonds is 3.